The van der Waals surface area contributed by atoms with Gasteiger partial charge in [-0.05, 0) is 56.2 Å². The van der Waals surface area contributed by atoms with Gasteiger partial charge in [0.05, 0.1) is 12.2 Å². The Labute approximate surface area is 186 Å². The van der Waals surface area contributed by atoms with Crippen molar-refractivity contribution >= 4 is 30.7 Å². The Hall–Kier alpha value is -1.62. The second-order valence-corrected chi connectivity index (χ2v) is 8.24. The summed E-state index contributed by atoms with van der Waals surface area (Å²) >= 11 is 0. The predicted molar refractivity (Wildman–Crippen MR) is 121 cm³/mol. The van der Waals surface area contributed by atoms with Crippen LogP contribution in [-0.4, -0.2) is 27.9 Å². The van der Waals surface area contributed by atoms with Crippen LogP contribution in [0.1, 0.15) is 48.9 Å². The van der Waals surface area contributed by atoms with Crippen molar-refractivity contribution in [2.75, 3.05) is 0 Å². The summed E-state index contributed by atoms with van der Waals surface area (Å²) in [4.78, 5) is 19.6. The average Bonchev–Trinajstić information content (AvgIpc) is 3.00. The first kappa shape index (κ1) is 23.7. The normalized spacial score (nSPS) is 22.3. The minimum Gasteiger partial charge on any atom is -0.332 e. The van der Waals surface area contributed by atoms with Crippen molar-refractivity contribution in [2.45, 2.75) is 64.2 Å². The maximum atomic E-state index is 13.2. The lowest BCUT2D eigenvalue weighted by molar-refractivity contribution is -0.133. The zero-order chi connectivity index (χ0) is 18.6. The molecule has 6 heteroatoms. The summed E-state index contributed by atoms with van der Waals surface area (Å²) in [5.41, 5.74) is 3.36. The molecule has 3 heterocycles. The zero-order valence-electron chi connectivity index (χ0n) is 16.9. The van der Waals surface area contributed by atoms with E-state index in [1.807, 2.05) is 23.1 Å². The van der Waals surface area contributed by atoms with Crippen molar-refractivity contribution in [1.82, 2.24) is 15.2 Å². The van der Waals surface area contributed by atoms with Gasteiger partial charge < -0.3 is 10.2 Å². The van der Waals surface area contributed by atoms with E-state index in [-0.39, 0.29) is 30.7 Å². The number of carbonyl (C=O) groups is 1. The first-order chi connectivity index (χ1) is 13.2. The van der Waals surface area contributed by atoms with Gasteiger partial charge in [0.25, 0.3) is 0 Å². The van der Waals surface area contributed by atoms with Gasteiger partial charge in [-0.3, -0.25) is 9.78 Å². The molecule has 1 N–H and O–H groups in total. The number of fused-ring (bicyclic) bond motifs is 2. The fourth-order valence-electron chi connectivity index (χ4n) is 4.67. The molecule has 2 aliphatic rings. The van der Waals surface area contributed by atoms with Crippen LogP contribution in [0.3, 0.4) is 0 Å². The molecule has 2 bridgehead atoms. The molecule has 2 saturated heterocycles. The van der Waals surface area contributed by atoms with E-state index in [0.29, 0.717) is 37.5 Å². The lowest BCUT2D eigenvalue weighted by Gasteiger charge is -2.31. The van der Waals surface area contributed by atoms with Crippen LogP contribution < -0.4 is 5.32 Å². The van der Waals surface area contributed by atoms with Gasteiger partial charge in [0.15, 0.2) is 0 Å². The molecule has 29 heavy (non-hydrogen) atoms. The summed E-state index contributed by atoms with van der Waals surface area (Å²) < 4.78 is 0. The largest absolute Gasteiger partial charge is 0.332 e. The molecule has 1 aromatic heterocycles. The summed E-state index contributed by atoms with van der Waals surface area (Å²) in [6, 6.07) is 15.6. The molecule has 0 radical (unpaired) electrons. The second kappa shape index (κ2) is 11.0. The molecule has 4 nitrogen and oxygen atoms in total. The van der Waals surface area contributed by atoms with Crippen molar-refractivity contribution in [3.8, 4) is 0 Å². The molecule has 0 spiro atoms. The molecular formula is C23H31Cl2N3O. The third-order valence-corrected chi connectivity index (χ3v) is 5.92. The summed E-state index contributed by atoms with van der Waals surface area (Å²) in [5.74, 6) is 0.772. The number of nitrogens with zero attached hydrogens (tertiary/aromatic N) is 2. The predicted octanol–water partition coefficient (Wildman–Crippen LogP) is 4.68. The Morgan fingerprint density at radius 3 is 2.48 bits per heavy atom. The number of benzene rings is 1. The van der Waals surface area contributed by atoms with Gasteiger partial charge in [-0.2, -0.15) is 0 Å². The minimum atomic E-state index is 0. The molecule has 0 aliphatic carbocycles. The van der Waals surface area contributed by atoms with Crippen LogP contribution in [0.2, 0.25) is 0 Å². The molecule has 0 saturated carbocycles. The molecule has 2 aromatic rings. The van der Waals surface area contributed by atoms with Crippen LogP contribution in [0.4, 0.5) is 0 Å². The number of amides is 1. The van der Waals surface area contributed by atoms with Crippen LogP contribution in [0.5, 0.6) is 0 Å². The maximum absolute atomic E-state index is 13.2. The number of hydrogen-bond acceptors (Lipinski definition) is 3. The summed E-state index contributed by atoms with van der Waals surface area (Å²) in [6.45, 7) is 3.32. The van der Waals surface area contributed by atoms with Crippen LogP contribution in [0.25, 0.3) is 0 Å². The van der Waals surface area contributed by atoms with Gasteiger partial charge in [-0.15, -0.1) is 24.8 Å². The van der Waals surface area contributed by atoms with Crippen molar-refractivity contribution in [2.24, 2.45) is 5.92 Å². The average molecular weight is 436 g/mol. The lowest BCUT2D eigenvalue weighted by Crippen LogP contribution is -2.40. The molecule has 158 valence electrons. The number of aromatic nitrogens is 1. The second-order valence-electron chi connectivity index (χ2n) is 8.24. The SMILES string of the molecule is Cc1cccc(CN(Cc2ccccn2)C(=O)CC2CC3CCC(C2)N3)c1.Cl.Cl. The van der Waals surface area contributed by atoms with Crippen molar-refractivity contribution in [3.05, 3.63) is 65.5 Å². The molecule has 1 aromatic carbocycles. The van der Waals surface area contributed by atoms with Gasteiger partial charge in [0.2, 0.25) is 5.91 Å². The number of rotatable bonds is 6. The number of nitrogens with one attached hydrogen (secondary N) is 1. The molecule has 4 rings (SSSR count). The highest BCUT2D eigenvalue weighted by atomic mass is 35.5. The van der Waals surface area contributed by atoms with E-state index < -0.39 is 0 Å². The van der Waals surface area contributed by atoms with E-state index in [2.05, 4.69) is 41.5 Å². The summed E-state index contributed by atoms with van der Waals surface area (Å²) in [5, 5.41) is 3.67. The molecule has 2 fully saturated rings. The Morgan fingerprint density at radius 2 is 1.83 bits per heavy atom. The van der Waals surface area contributed by atoms with Gasteiger partial charge in [-0.1, -0.05) is 35.9 Å². The first-order valence-corrected chi connectivity index (χ1v) is 10.1. The van der Waals surface area contributed by atoms with Gasteiger partial charge in [-0.25, -0.2) is 0 Å². The maximum Gasteiger partial charge on any atom is 0.223 e. The Morgan fingerprint density at radius 1 is 1.07 bits per heavy atom. The molecule has 2 atom stereocenters. The van der Waals surface area contributed by atoms with E-state index >= 15 is 0 Å². The van der Waals surface area contributed by atoms with Crippen LogP contribution >= 0.6 is 24.8 Å². The topological polar surface area (TPSA) is 45.2 Å². The first-order valence-electron chi connectivity index (χ1n) is 10.1. The fraction of sp³-hybridized carbons (Fsp3) is 0.478. The third-order valence-electron chi connectivity index (χ3n) is 5.92. The smallest absolute Gasteiger partial charge is 0.223 e. The van der Waals surface area contributed by atoms with Crippen molar-refractivity contribution in [1.29, 1.82) is 0 Å². The number of hydrogen-bond donors (Lipinski definition) is 1. The van der Waals surface area contributed by atoms with E-state index in [4.69, 9.17) is 0 Å². The lowest BCUT2D eigenvalue weighted by atomic mass is 9.89. The van der Waals surface area contributed by atoms with Gasteiger partial charge in [0, 0.05) is 31.2 Å². The number of piperidine rings is 1. The number of pyridine rings is 1. The molecule has 2 unspecified atom stereocenters. The minimum absolute atomic E-state index is 0. The van der Waals surface area contributed by atoms with Crippen LogP contribution in [0, 0.1) is 12.8 Å². The monoisotopic (exact) mass is 435 g/mol. The Balaban J connectivity index is 0.00000150. The Kier molecular flexibility index (Phi) is 8.94. The summed E-state index contributed by atoms with van der Waals surface area (Å²) in [7, 11) is 0. The Bertz CT molecular complexity index is 775. The number of halogens is 2. The van der Waals surface area contributed by atoms with Crippen LogP contribution in [-0.2, 0) is 17.9 Å². The standard InChI is InChI=1S/C23H29N3O.2ClH/c1-17-5-4-6-18(11-17)15-26(16-22-7-2-3-10-24-22)23(27)14-19-12-20-8-9-21(13-19)25-20;;/h2-7,10-11,19-21,25H,8-9,12-16H2,1H3;2*1H. The highest BCUT2D eigenvalue weighted by Gasteiger charge is 2.34. The van der Waals surface area contributed by atoms with E-state index in [0.717, 1.165) is 18.5 Å². The van der Waals surface area contributed by atoms with Crippen molar-refractivity contribution < 1.29 is 4.79 Å². The molecular weight excluding hydrogens is 405 g/mol. The quantitative estimate of drug-likeness (QED) is 0.715. The molecule has 1 amide bonds. The van der Waals surface area contributed by atoms with Gasteiger partial charge >= 0.3 is 0 Å². The number of carbonyl (C=O) groups excluding carboxylic acids is 1. The van der Waals surface area contributed by atoms with Crippen molar-refractivity contribution in [3.63, 3.8) is 0 Å². The third kappa shape index (κ3) is 6.43. The molecule has 2 aliphatic heterocycles. The highest BCUT2D eigenvalue weighted by molar-refractivity contribution is 5.85. The zero-order valence-corrected chi connectivity index (χ0v) is 18.6. The fourth-order valence-corrected chi connectivity index (χ4v) is 4.67. The van der Waals surface area contributed by atoms with Gasteiger partial charge in [0.1, 0.15) is 0 Å². The highest BCUT2D eigenvalue weighted by Crippen LogP contribution is 2.33. The van der Waals surface area contributed by atoms with E-state index in [1.165, 1.54) is 24.0 Å². The van der Waals surface area contributed by atoms with E-state index in [1.54, 1.807) is 6.20 Å². The van der Waals surface area contributed by atoms with Crippen LogP contribution in [0.15, 0.2) is 48.7 Å². The summed E-state index contributed by atoms with van der Waals surface area (Å²) in [6.07, 6.45) is 7.29. The number of aryl methyl sites for hydroxylation is 1. The van der Waals surface area contributed by atoms with E-state index in [9.17, 15) is 4.79 Å².